The fourth-order valence-corrected chi connectivity index (χ4v) is 0.843. The van der Waals surface area contributed by atoms with Gasteiger partial charge in [-0.3, -0.25) is 0 Å². The second kappa shape index (κ2) is 1.95. The van der Waals surface area contributed by atoms with Crippen molar-refractivity contribution in [3.8, 4) is 5.75 Å². The second-order valence-corrected chi connectivity index (χ2v) is 1.82. The molecule has 0 N–H and O–H groups in total. The van der Waals surface area contributed by atoms with Crippen LogP contribution in [0.3, 0.4) is 0 Å². The van der Waals surface area contributed by atoms with E-state index in [9.17, 15) is 5.26 Å². The van der Waals surface area contributed by atoms with E-state index in [1.807, 2.05) is 0 Å². The molecule has 1 aromatic rings. The summed E-state index contributed by atoms with van der Waals surface area (Å²) in [6, 6.07) is 1.62. The second-order valence-electron chi connectivity index (χ2n) is 1.04. The standard InChI is InChI=1S/C4H3O2S/c5-6-4-1-2-7-3-4/h1-3H. The van der Waals surface area contributed by atoms with E-state index in [4.69, 9.17) is 0 Å². The van der Waals surface area contributed by atoms with Crippen LogP contribution in [0, 0.1) is 0 Å². The van der Waals surface area contributed by atoms with E-state index in [0.29, 0.717) is 5.75 Å². The lowest BCUT2D eigenvalue weighted by molar-refractivity contribution is -0.208. The topological polar surface area (TPSA) is 29.1 Å². The van der Waals surface area contributed by atoms with Gasteiger partial charge in [0.2, 0.25) is 0 Å². The minimum atomic E-state index is 0.394. The van der Waals surface area contributed by atoms with Gasteiger partial charge in [-0.2, -0.15) is 0 Å². The molecular weight excluding hydrogens is 112 g/mol. The molecule has 0 saturated carbocycles. The van der Waals surface area contributed by atoms with E-state index in [0.717, 1.165) is 0 Å². The highest BCUT2D eigenvalue weighted by Gasteiger charge is 1.87. The van der Waals surface area contributed by atoms with Gasteiger partial charge in [0, 0.05) is 10.6 Å². The van der Waals surface area contributed by atoms with Gasteiger partial charge < -0.3 is 4.89 Å². The summed E-state index contributed by atoms with van der Waals surface area (Å²) in [5.41, 5.74) is 0. The van der Waals surface area contributed by atoms with Gasteiger partial charge in [-0.1, -0.05) is 0 Å². The molecule has 0 unspecified atom stereocenters. The lowest BCUT2D eigenvalue weighted by Gasteiger charge is -1.78. The molecular formula is C4H3O2S. The van der Waals surface area contributed by atoms with Crippen molar-refractivity contribution in [1.82, 2.24) is 0 Å². The van der Waals surface area contributed by atoms with Crippen molar-refractivity contribution in [2.24, 2.45) is 0 Å². The van der Waals surface area contributed by atoms with Gasteiger partial charge in [0.15, 0.2) is 5.75 Å². The van der Waals surface area contributed by atoms with Crippen LogP contribution in [0.5, 0.6) is 5.75 Å². The summed E-state index contributed by atoms with van der Waals surface area (Å²) >= 11 is 1.44. The number of thiophene rings is 1. The molecule has 0 amide bonds. The first-order valence-corrected chi connectivity index (χ1v) is 2.70. The zero-order valence-corrected chi connectivity index (χ0v) is 4.27. The lowest BCUT2D eigenvalue weighted by atomic mass is 10.6. The van der Waals surface area contributed by atoms with Crippen LogP contribution in [0.4, 0.5) is 0 Å². The average Bonchev–Trinajstić information content (AvgIpc) is 2.14. The molecule has 7 heavy (non-hydrogen) atoms. The Kier molecular flexibility index (Phi) is 1.29. The lowest BCUT2D eigenvalue weighted by Crippen LogP contribution is -1.72. The van der Waals surface area contributed by atoms with Gasteiger partial charge >= 0.3 is 0 Å². The molecule has 3 heteroatoms. The summed E-state index contributed by atoms with van der Waals surface area (Å²) in [6.07, 6.45) is 0. The average molecular weight is 115 g/mol. The van der Waals surface area contributed by atoms with Crippen LogP contribution in [0.2, 0.25) is 0 Å². The first kappa shape index (κ1) is 4.61. The molecule has 0 atom stereocenters. The Bertz CT molecular complexity index is 124. The first-order valence-electron chi connectivity index (χ1n) is 1.75. The molecule has 0 spiro atoms. The van der Waals surface area contributed by atoms with E-state index in [2.05, 4.69) is 4.89 Å². The van der Waals surface area contributed by atoms with Gasteiger partial charge in [0.05, 0.1) is 0 Å². The van der Waals surface area contributed by atoms with Gasteiger partial charge in [0.25, 0.3) is 0 Å². The van der Waals surface area contributed by atoms with Crippen LogP contribution in [0.25, 0.3) is 0 Å². The molecule has 0 saturated heterocycles. The summed E-state index contributed by atoms with van der Waals surface area (Å²) in [4.78, 5) is 3.61. The summed E-state index contributed by atoms with van der Waals surface area (Å²) in [5.74, 6) is 0.394. The molecule has 0 aliphatic heterocycles. The van der Waals surface area contributed by atoms with Gasteiger partial charge in [0.1, 0.15) is 0 Å². The monoisotopic (exact) mass is 115 g/mol. The molecule has 0 aliphatic rings. The Labute approximate surface area is 44.9 Å². The third kappa shape index (κ3) is 0.913. The van der Waals surface area contributed by atoms with Crippen LogP contribution >= 0.6 is 11.3 Å². The maximum atomic E-state index is 9.50. The third-order valence-electron chi connectivity index (χ3n) is 0.591. The predicted octanol–water partition coefficient (Wildman–Crippen LogP) is 1.47. The maximum absolute atomic E-state index is 9.50. The van der Waals surface area contributed by atoms with Crippen molar-refractivity contribution < 1.29 is 10.1 Å². The van der Waals surface area contributed by atoms with Crippen LogP contribution in [0.15, 0.2) is 16.8 Å². The molecule has 1 radical (unpaired) electrons. The summed E-state index contributed by atoms with van der Waals surface area (Å²) in [5, 5.41) is 12.9. The molecule has 0 aromatic carbocycles. The molecule has 0 fully saturated rings. The summed E-state index contributed by atoms with van der Waals surface area (Å²) in [6.45, 7) is 0. The van der Waals surface area contributed by atoms with Crippen molar-refractivity contribution in [2.75, 3.05) is 0 Å². The highest BCUT2D eigenvalue weighted by molar-refractivity contribution is 7.08. The number of hydrogen-bond donors (Lipinski definition) is 0. The van der Waals surface area contributed by atoms with Crippen molar-refractivity contribution in [3.05, 3.63) is 16.8 Å². The normalized spacial score (nSPS) is 8.71. The minimum absolute atomic E-state index is 0.394. The Morgan fingerprint density at radius 1 is 1.71 bits per heavy atom. The van der Waals surface area contributed by atoms with E-state index in [1.165, 1.54) is 11.3 Å². The van der Waals surface area contributed by atoms with Crippen molar-refractivity contribution in [1.29, 1.82) is 0 Å². The zero-order chi connectivity index (χ0) is 5.11. The molecule has 1 rings (SSSR count). The highest BCUT2D eigenvalue weighted by atomic mass is 32.1. The molecule has 2 nitrogen and oxygen atoms in total. The predicted molar refractivity (Wildman–Crippen MR) is 25.6 cm³/mol. The largest absolute Gasteiger partial charge is 0.305 e. The molecule has 1 heterocycles. The van der Waals surface area contributed by atoms with Crippen LogP contribution in [-0.4, -0.2) is 0 Å². The number of rotatable bonds is 1. The molecule has 1 aromatic heterocycles. The van der Waals surface area contributed by atoms with Crippen molar-refractivity contribution >= 4 is 11.3 Å². The van der Waals surface area contributed by atoms with Crippen molar-refractivity contribution in [2.45, 2.75) is 0 Å². The molecule has 0 aliphatic carbocycles. The smallest absolute Gasteiger partial charge is 0.179 e. The summed E-state index contributed by atoms with van der Waals surface area (Å²) in [7, 11) is 0. The van der Waals surface area contributed by atoms with E-state index < -0.39 is 0 Å². The fraction of sp³-hybridized carbons (Fsp3) is 0. The number of hydrogen-bond acceptors (Lipinski definition) is 2. The maximum Gasteiger partial charge on any atom is 0.179 e. The highest BCUT2D eigenvalue weighted by Crippen LogP contribution is 2.12. The van der Waals surface area contributed by atoms with E-state index >= 15 is 0 Å². The van der Waals surface area contributed by atoms with Crippen LogP contribution in [-0.2, 0) is 5.26 Å². The van der Waals surface area contributed by atoms with Crippen LogP contribution < -0.4 is 4.89 Å². The van der Waals surface area contributed by atoms with Gasteiger partial charge in [-0.25, -0.2) is 0 Å². The quantitative estimate of drug-likeness (QED) is 0.402. The minimum Gasteiger partial charge on any atom is -0.305 e. The van der Waals surface area contributed by atoms with E-state index in [-0.39, 0.29) is 0 Å². The Morgan fingerprint density at radius 3 is 2.86 bits per heavy atom. The van der Waals surface area contributed by atoms with Crippen molar-refractivity contribution in [3.63, 3.8) is 0 Å². The zero-order valence-electron chi connectivity index (χ0n) is 3.46. The SMILES string of the molecule is [O]Oc1ccsc1. The third-order valence-corrected chi connectivity index (χ3v) is 1.25. The fourth-order valence-electron chi connectivity index (χ4n) is 0.299. The van der Waals surface area contributed by atoms with E-state index in [1.54, 1.807) is 16.8 Å². The van der Waals surface area contributed by atoms with Gasteiger partial charge in [-0.05, 0) is 11.4 Å². The Morgan fingerprint density at radius 2 is 2.57 bits per heavy atom. The molecule has 37 valence electrons. The Balaban J connectivity index is 2.76. The first-order chi connectivity index (χ1) is 3.43. The Hall–Kier alpha value is -0.540. The molecule has 0 bridgehead atoms. The summed E-state index contributed by atoms with van der Waals surface area (Å²) < 4.78 is 0. The van der Waals surface area contributed by atoms with Gasteiger partial charge in [-0.15, -0.1) is 11.3 Å². The van der Waals surface area contributed by atoms with Crippen LogP contribution in [0.1, 0.15) is 0 Å².